The van der Waals surface area contributed by atoms with Crippen LogP contribution in [-0.4, -0.2) is 52.1 Å². The first-order valence-corrected chi connectivity index (χ1v) is 19.3. The molecule has 7 nitrogen and oxygen atoms in total. The standard InChI is InChI=1S/C43H39N3O4S2/c1-30(47)44-27-28-51-36-29-52-41-37(45-43(33-21-11-4-12-22-33,34-23-13-5-14-24-34)35-25-15-6-16-26-35)40(48)46(41)38(36)42(49)50-39(31-17-7-2-8-18-31)32-19-9-3-10-20-32/h2-26,37,39,41,45H,27-29H2,1H3,(H,44,47)/t37-,41+/m1/s1. The van der Waals surface area contributed by atoms with Crippen LogP contribution in [0, 0.1) is 0 Å². The molecule has 2 heterocycles. The summed E-state index contributed by atoms with van der Waals surface area (Å²) in [4.78, 5) is 43.1. The van der Waals surface area contributed by atoms with Crippen LogP contribution in [0.2, 0.25) is 0 Å². The maximum atomic E-state index is 14.6. The number of esters is 1. The van der Waals surface area contributed by atoms with Crippen LogP contribution in [-0.2, 0) is 24.7 Å². The highest BCUT2D eigenvalue weighted by molar-refractivity contribution is 8.06. The molecular weight excluding hydrogens is 687 g/mol. The van der Waals surface area contributed by atoms with Crippen LogP contribution < -0.4 is 10.6 Å². The van der Waals surface area contributed by atoms with Crippen LogP contribution in [0.15, 0.2) is 162 Å². The van der Waals surface area contributed by atoms with Gasteiger partial charge in [-0.2, -0.15) is 0 Å². The molecule has 2 amide bonds. The van der Waals surface area contributed by atoms with Gasteiger partial charge in [-0.25, -0.2) is 4.79 Å². The summed E-state index contributed by atoms with van der Waals surface area (Å²) in [5.41, 5.74) is 4.06. The van der Waals surface area contributed by atoms with Gasteiger partial charge in [-0.15, -0.1) is 23.5 Å². The van der Waals surface area contributed by atoms with Gasteiger partial charge in [-0.05, 0) is 27.8 Å². The Morgan fingerprint density at radius 2 is 1.23 bits per heavy atom. The van der Waals surface area contributed by atoms with E-state index in [2.05, 4.69) is 47.0 Å². The second kappa shape index (κ2) is 16.1. The number of ether oxygens (including phenoxy) is 1. The van der Waals surface area contributed by atoms with E-state index < -0.39 is 23.7 Å². The second-order valence-corrected chi connectivity index (χ2v) is 14.9. The molecule has 5 aromatic carbocycles. The number of nitrogens with one attached hydrogen (secondary N) is 2. The molecule has 2 aliphatic rings. The van der Waals surface area contributed by atoms with Crippen molar-refractivity contribution < 1.29 is 19.1 Å². The minimum Gasteiger partial charge on any atom is -0.448 e. The first-order chi connectivity index (χ1) is 25.5. The van der Waals surface area contributed by atoms with Gasteiger partial charge < -0.3 is 10.1 Å². The van der Waals surface area contributed by atoms with E-state index in [0.717, 1.165) is 32.7 Å². The van der Waals surface area contributed by atoms with Crippen molar-refractivity contribution in [1.29, 1.82) is 0 Å². The normalized spacial score (nSPS) is 17.0. The zero-order chi connectivity index (χ0) is 35.9. The summed E-state index contributed by atoms with van der Waals surface area (Å²) in [6.45, 7) is 1.91. The molecule has 0 radical (unpaired) electrons. The van der Waals surface area contributed by atoms with E-state index in [4.69, 9.17) is 4.74 Å². The third-order valence-electron chi connectivity index (χ3n) is 9.30. The highest BCUT2D eigenvalue weighted by Crippen LogP contribution is 2.47. The molecule has 52 heavy (non-hydrogen) atoms. The summed E-state index contributed by atoms with van der Waals surface area (Å²) in [7, 11) is 0. The number of benzene rings is 5. The van der Waals surface area contributed by atoms with Crippen molar-refractivity contribution in [3.8, 4) is 0 Å². The van der Waals surface area contributed by atoms with E-state index in [1.165, 1.54) is 18.7 Å². The fourth-order valence-electron chi connectivity index (χ4n) is 6.89. The molecule has 0 aliphatic carbocycles. The summed E-state index contributed by atoms with van der Waals surface area (Å²) >= 11 is 3.10. The zero-order valence-corrected chi connectivity index (χ0v) is 30.3. The van der Waals surface area contributed by atoms with Crippen molar-refractivity contribution in [2.24, 2.45) is 0 Å². The molecule has 2 atom stereocenters. The number of nitrogens with zero attached hydrogens (tertiary/aromatic N) is 1. The number of rotatable bonds is 13. The highest BCUT2D eigenvalue weighted by Gasteiger charge is 2.57. The molecule has 0 unspecified atom stereocenters. The van der Waals surface area contributed by atoms with Crippen molar-refractivity contribution in [2.75, 3.05) is 18.1 Å². The molecule has 5 aromatic rings. The van der Waals surface area contributed by atoms with Gasteiger partial charge in [0.15, 0.2) is 6.10 Å². The fourth-order valence-corrected chi connectivity index (χ4v) is 9.39. The molecule has 9 heteroatoms. The van der Waals surface area contributed by atoms with E-state index in [1.54, 1.807) is 16.7 Å². The molecule has 0 aromatic heterocycles. The molecule has 0 spiro atoms. The van der Waals surface area contributed by atoms with E-state index in [9.17, 15) is 14.4 Å². The van der Waals surface area contributed by atoms with Gasteiger partial charge in [0.05, 0.1) is 5.54 Å². The third-order valence-corrected chi connectivity index (χ3v) is 11.9. The topological polar surface area (TPSA) is 87.7 Å². The number of hydrogen-bond donors (Lipinski definition) is 2. The largest absolute Gasteiger partial charge is 0.448 e. The first-order valence-electron chi connectivity index (χ1n) is 17.3. The molecule has 7 rings (SSSR count). The van der Waals surface area contributed by atoms with Crippen LogP contribution >= 0.6 is 23.5 Å². The average molecular weight is 726 g/mol. The minimum absolute atomic E-state index is 0.119. The van der Waals surface area contributed by atoms with E-state index in [-0.39, 0.29) is 22.9 Å². The fraction of sp³-hybridized carbons (Fsp3) is 0.186. The number of thioether (sulfide) groups is 2. The Kier molecular flexibility index (Phi) is 10.9. The van der Waals surface area contributed by atoms with Gasteiger partial charge in [-0.3, -0.25) is 19.8 Å². The predicted octanol–water partition coefficient (Wildman–Crippen LogP) is 7.27. The zero-order valence-electron chi connectivity index (χ0n) is 28.7. The number of hydrogen-bond acceptors (Lipinski definition) is 7. The molecular formula is C43H39N3O4S2. The Bertz CT molecular complexity index is 1890. The molecule has 2 aliphatic heterocycles. The molecule has 262 valence electrons. The van der Waals surface area contributed by atoms with Gasteiger partial charge in [-0.1, -0.05) is 152 Å². The Balaban J connectivity index is 1.25. The summed E-state index contributed by atoms with van der Waals surface area (Å²) < 4.78 is 6.38. The maximum absolute atomic E-state index is 14.6. The summed E-state index contributed by atoms with van der Waals surface area (Å²) in [6.07, 6.45) is -0.673. The van der Waals surface area contributed by atoms with Gasteiger partial charge in [0.1, 0.15) is 17.1 Å². The monoisotopic (exact) mass is 725 g/mol. The summed E-state index contributed by atoms with van der Waals surface area (Å²) in [6, 6.07) is 49.2. The Labute approximate surface area is 312 Å². The Morgan fingerprint density at radius 1 is 0.769 bits per heavy atom. The molecule has 2 N–H and O–H groups in total. The SMILES string of the molecule is CC(=O)NCCSC1=C(C(=O)OC(c2ccccc2)c2ccccc2)N2C(=O)[C@@H](NC(c3ccccc3)(c3ccccc3)c3ccccc3)[C@@H]2SC1. The quantitative estimate of drug-likeness (QED) is 0.0572. The van der Waals surface area contributed by atoms with Gasteiger partial charge in [0.2, 0.25) is 11.8 Å². The van der Waals surface area contributed by atoms with Gasteiger partial charge in [0, 0.05) is 29.9 Å². The van der Waals surface area contributed by atoms with Crippen LogP contribution in [0.4, 0.5) is 0 Å². The number of amides is 2. The van der Waals surface area contributed by atoms with Crippen LogP contribution in [0.5, 0.6) is 0 Å². The maximum Gasteiger partial charge on any atom is 0.356 e. The lowest BCUT2D eigenvalue weighted by Gasteiger charge is -2.53. The van der Waals surface area contributed by atoms with Crippen LogP contribution in [0.25, 0.3) is 0 Å². The van der Waals surface area contributed by atoms with Crippen LogP contribution in [0.3, 0.4) is 0 Å². The Morgan fingerprint density at radius 3 is 1.69 bits per heavy atom. The van der Waals surface area contributed by atoms with Crippen molar-refractivity contribution in [3.63, 3.8) is 0 Å². The van der Waals surface area contributed by atoms with Crippen molar-refractivity contribution >= 4 is 41.3 Å². The predicted molar refractivity (Wildman–Crippen MR) is 208 cm³/mol. The number of fused-ring (bicyclic) bond motifs is 1. The summed E-state index contributed by atoms with van der Waals surface area (Å²) in [5, 5.41) is 6.32. The first kappa shape index (κ1) is 35.3. The lowest BCUT2D eigenvalue weighted by Crippen LogP contribution is -2.72. The van der Waals surface area contributed by atoms with Crippen molar-refractivity contribution in [2.45, 2.75) is 30.0 Å². The second-order valence-electron chi connectivity index (χ2n) is 12.6. The number of carbonyl (C=O) groups is 3. The summed E-state index contributed by atoms with van der Waals surface area (Å²) in [5.74, 6) is 0.176. The lowest BCUT2D eigenvalue weighted by molar-refractivity contribution is -0.154. The lowest BCUT2D eigenvalue weighted by atomic mass is 9.76. The smallest absolute Gasteiger partial charge is 0.356 e. The van der Waals surface area contributed by atoms with E-state index in [0.29, 0.717) is 18.1 Å². The van der Waals surface area contributed by atoms with E-state index >= 15 is 0 Å². The van der Waals surface area contributed by atoms with Crippen LogP contribution in [0.1, 0.15) is 40.8 Å². The Hall–Kier alpha value is -5.09. The van der Waals surface area contributed by atoms with Gasteiger partial charge >= 0.3 is 5.97 Å². The van der Waals surface area contributed by atoms with E-state index in [1.807, 2.05) is 115 Å². The molecule has 1 saturated heterocycles. The number of carbonyl (C=O) groups excluding carboxylic acids is 3. The van der Waals surface area contributed by atoms with Crippen molar-refractivity contribution in [3.05, 3.63) is 190 Å². The van der Waals surface area contributed by atoms with Crippen molar-refractivity contribution in [1.82, 2.24) is 15.5 Å². The number of β-lactam (4-membered cyclic amide) rings is 1. The minimum atomic E-state index is -0.861. The van der Waals surface area contributed by atoms with Gasteiger partial charge in [0.25, 0.3) is 0 Å². The molecule has 0 saturated carbocycles. The average Bonchev–Trinajstić information content (AvgIpc) is 3.20. The molecule has 0 bridgehead atoms. The molecule has 1 fully saturated rings. The third kappa shape index (κ3) is 7.17. The highest BCUT2D eigenvalue weighted by atomic mass is 32.2.